The predicted molar refractivity (Wildman–Crippen MR) is 45.4 cm³/mol. The van der Waals surface area contributed by atoms with Gasteiger partial charge in [0, 0.05) is 65.4 Å². The van der Waals surface area contributed by atoms with Crippen molar-refractivity contribution in [2.45, 2.75) is 37.8 Å². The van der Waals surface area contributed by atoms with Crippen LogP contribution in [0.2, 0.25) is 0 Å². The first-order valence-corrected chi connectivity index (χ1v) is 3.73. The molecule has 2 nitrogen and oxygen atoms in total. The van der Waals surface area contributed by atoms with Gasteiger partial charge in [0.2, 0.25) is 0 Å². The van der Waals surface area contributed by atoms with Crippen LogP contribution in [0.5, 0.6) is 0 Å². The van der Waals surface area contributed by atoms with Gasteiger partial charge in [-0.25, -0.2) is 0 Å². The number of hydrogen-bond acceptors (Lipinski definition) is 0. The Hall–Kier alpha value is 2.13. The van der Waals surface area contributed by atoms with E-state index in [1.807, 2.05) is 0 Å². The second-order valence-electron chi connectivity index (χ2n) is 2.50. The quantitative estimate of drug-likeness (QED) is 0.700. The van der Waals surface area contributed by atoms with Crippen molar-refractivity contribution in [1.29, 1.82) is 0 Å². The average Bonchev–Trinajstić information content (AvgIpc) is 1.89. The molecule has 0 bridgehead atoms. The molecule has 0 fully saturated rings. The zero-order valence-corrected chi connectivity index (χ0v) is 13.2. The van der Waals surface area contributed by atoms with E-state index in [0.29, 0.717) is 0 Å². The number of rotatable bonds is 5. The summed E-state index contributed by atoms with van der Waals surface area (Å²) in [5, 5.41) is 0. The first-order chi connectivity index (χ1) is 4.72. The molecule has 0 amide bonds. The average molecular weight is 318 g/mol. The monoisotopic (exact) mass is 318 g/mol. The Morgan fingerprint density at radius 1 is 0.833 bits per heavy atom. The van der Waals surface area contributed by atoms with Crippen molar-refractivity contribution in [3.8, 4) is 0 Å². The van der Waals surface area contributed by atoms with E-state index in [0.717, 1.165) is 25.7 Å². The maximum atomic E-state index is 7.43. The first-order valence-electron chi connectivity index (χ1n) is 3.73. The Morgan fingerprint density at radius 3 is 1.25 bits per heavy atom. The molecule has 2 N–H and O–H groups in total. The van der Waals surface area contributed by atoms with Gasteiger partial charge in [0.1, 0.15) is 0 Å². The normalized spacial score (nSPS) is 14.0. The van der Waals surface area contributed by atoms with E-state index in [-0.39, 0.29) is 77.5 Å². The first kappa shape index (κ1) is 19.7. The van der Waals surface area contributed by atoms with Crippen LogP contribution in [0.4, 0.5) is 0 Å². The van der Waals surface area contributed by atoms with Gasteiger partial charge in [-0.15, -0.1) is 0 Å². The minimum absolute atomic E-state index is 0. The molecule has 12 heavy (non-hydrogen) atoms. The van der Waals surface area contributed by atoms with E-state index in [4.69, 9.17) is 11.5 Å². The summed E-state index contributed by atoms with van der Waals surface area (Å²) in [5.74, 6) is 0. The summed E-state index contributed by atoms with van der Waals surface area (Å²) in [7, 11) is 0. The molecule has 0 rings (SSSR count). The van der Waals surface area contributed by atoms with Crippen LogP contribution in [0.25, 0.3) is 11.5 Å². The maximum absolute atomic E-state index is 7.43. The molecule has 4 heteroatoms. The van der Waals surface area contributed by atoms with E-state index in [1.165, 1.54) is 0 Å². The van der Waals surface area contributed by atoms with E-state index >= 15 is 0 Å². The third-order valence-corrected chi connectivity index (χ3v) is 1.52. The Morgan fingerprint density at radius 2 is 1.08 bits per heavy atom. The van der Waals surface area contributed by atoms with Gasteiger partial charge < -0.3 is 25.3 Å². The molecule has 0 saturated heterocycles. The summed E-state index contributed by atoms with van der Waals surface area (Å²) >= 11 is 0. The van der Waals surface area contributed by atoms with Gasteiger partial charge in [0.15, 0.2) is 0 Å². The molecule has 0 aromatic carbocycles. The topological polar surface area (TPSA) is 47.6 Å². The van der Waals surface area contributed by atoms with Gasteiger partial charge in [0.25, 0.3) is 0 Å². The van der Waals surface area contributed by atoms with Crippen molar-refractivity contribution in [3.05, 3.63) is 25.3 Å². The fourth-order valence-corrected chi connectivity index (χ4v) is 0.842. The summed E-state index contributed by atoms with van der Waals surface area (Å²) in [4.78, 5) is 0. The standard InChI is InChI=1S/C8H16N2.2Y/c1-3-5-7(9)8(10)6-4-2;;/h7-10H,1-6H2;;/q-4;;. The molecular formula is C8H16N2Y2-4. The van der Waals surface area contributed by atoms with Gasteiger partial charge in [-0.1, -0.05) is 12.8 Å². The SMILES string of the molecule is [CH2-]CCC([NH-])C([NH-])CC[CH2-].[Y].[Y]. The van der Waals surface area contributed by atoms with Crippen molar-refractivity contribution >= 4 is 0 Å². The van der Waals surface area contributed by atoms with Crippen LogP contribution in [-0.2, 0) is 65.4 Å². The molecule has 0 aliphatic heterocycles. The molecule has 0 aliphatic rings. The molecule has 0 saturated carbocycles. The maximum Gasteiger partial charge on any atom is 0 e. The minimum Gasteiger partial charge on any atom is -0.676 e. The van der Waals surface area contributed by atoms with Crippen molar-refractivity contribution in [2.75, 3.05) is 0 Å². The van der Waals surface area contributed by atoms with Crippen molar-refractivity contribution in [2.24, 2.45) is 0 Å². The third-order valence-electron chi connectivity index (χ3n) is 1.52. The second kappa shape index (κ2) is 13.1. The predicted octanol–water partition coefficient (Wildman–Crippen LogP) is 3.05. The summed E-state index contributed by atoms with van der Waals surface area (Å²) < 4.78 is 0. The Bertz CT molecular complexity index is 71.5. The molecule has 2 radical (unpaired) electrons. The van der Waals surface area contributed by atoms with Gasteiger partial charge in [-0.2, -0.15) is 24.9 Å². The van der Waals surface area contributed by atoms with Crippen molar-refractivity contribution in [3.63, 3.8) is 0 Å². The van der Waals surface area contributed by atoms with Crippen LogP contribution < -0.4 is 0 Å². The second-order valence-corrected chi connectivity index (χ2v) is 2.50. The van der Waals surface area contributed by atoms with E-state index in [2.05, 4.69) is 13.8 Å². The fourth-order valence-electron chi connectivity index (χ4n) is 0.842. The van der Waals surface area contributed by atoms with Gasteiger partial charge >= 0.3 is 0 Å². The van der Waals surface area contributed by atoms with Crippen molar-refractivity contribution < 1.29 is 65.4 Å². The van der Waals surface area contributed by atoms with E-state index in [9.17, 15) is 0 Å². The Labute approximate surface area is 127 Å². The zero-order chi connectivity index (χ0) is 7.98. The molecule has 0 heterocycles. The summed E-state index contributed by atoms with van der Waals surface area (Å²) in [6.45, 7) is 7.30. The summed E-state index contributed by atoms with van der Waals surface area (Å²) in [6, 6.07) is -0.501. The smallest absolute Gasteiger partial charge is 0 e. The molecule has 2 unspecified atom stereocenters. The molecule has 2 atom stereocenters. The Kier molecular flexibility index (Phi) is 21.5. The molecule has 68 valence electrons. The summed E-state index contributed by atoms with van der Waals surface area (Å²) in [5.41, 5.74) is 14.9. The fraction of sp³-hybridized carbons (Fsp3) is 0.750. The van der Waals surface area contributed by atoms with Crippen LogP contribution in [0.3, 0.4) is 0 Å². The summed E-state index contributed by atoms with van der Waals surface area (Å²) in [6.07, 6.45) is 3.02. The van der Waals surface area contributed by atoms with Gasteiger partial charge in [0.05, 0.1) is 0 Å². The molecular weight excluding hydrogens is 302 g/mol. The molecule has 0 aliphatic carbocycles. The number of hydrogen-bond donors (Lipinski definition) is 0. The molecule has 0 aromatic rings. The van der Waals surface area contributed by atoms with E-state index < -0.39 is 0 Å². The minimum atomic E-state index is -0.251. The molecule has 0 aromatic heterocycles. The van der Waals surface area contributed by atoms with Crippen LogP contribution >= 0.6 is 0 Å². The van der Waals surface area contributed by atoms with Gasteiger partial charge in [-0.05, 0) is 0 Å². The Balaban J connectivity index is -0.000000405. The van der Waals surface area contributed by atoms with Crippen LogP contribution in [-0.4, -0.2) is 12.1 Å². The number of nitrogens with one attached hydrogen (secondary N) is 2. The third kappa shape index (κ3) is 10.2. The van der Waals surface area contributed by atoms with Crippen LogP contribution in [0.1, 0.15) is 25.7 Å². The zero-order valence-electron chi connectivity index (χ0n) is 7.55. The van der Waals surface area contributed by atoms with Crippen molar-refractivity contribution in [1.82, 2.24) is 0 Å². The molecule has 0 spiro atoms. The van der Waals surface area contributed by atoms with Crippen LogP contribution in [0, 0.1) is 13.8 Å². The van der Waals surface area contributed by atoms with E-state index in [1.54, 1.807) is 0 Å². The largest absolute Gasteiger partial charge is 0.676 e. The van der Waals surface area contributed by atoms with Gasteiger partial charge in [-0.3, -0.25) is 0 Å². The van der Waals surface area contributed by atoms with Crippen LogP contribution in [0.15, 0.2) is 0 Å².